The van der Waals surface area contributed by atoms with Gasteiger partial charge in [-0.1, -0.05) is 29.8 Å². The van der Waals surface area contributed by atoms with Gasteiger partial charge in [0.15, 0.2) is 0 Å². The Balaban J connectivity index is 0.000000131. The predicted molar refractivity (Wildman–Crippen MR) is 90.0 cm³/mol. The Bertz CT molecular complexity index is 596. The molecule has 1 fully saturated rings. The van der Waals surface area contributed by atoms with Crippen molar-refractivity contribution in [1.82, 2.24) is 0 Å². The maximum Gasteiger partial charge on any atom is 0.0722 e. The van der Waals surface area contributed by atoms with Gasteiger partial charge in [-0.3, -0.25) is 0 Å². The number of aryl methyl sites for hydroxylation is 1. The maximum absolute atomic E-state index is 5.38. The molecule has 4 rings (SSSR count). The Morgan fingerprint density at radius 1 is 0.909 bits per heavy atom. The van der Waals surface area contributed by atoms with Crippen molar-refractivity contribution < 1.29 is 9.47 Å². The molecule has 1 aromatic carbocycles. The first-order valence-corrected chi connectivity index (χ1v) is 8.36. The third-order valence-electron chi connectivity index (χ3n) is 4.84. The molecule has 1 saturated heterocycles. The molecule has 0 spiro atoms. The molecule has 0 amide bonds. The zero-order valence-corrected chi connectivity index (χ0v) is 13.8. The van der Waals surface area contributed by atoms with E-state index in [0.717, 1.165) is 39.3 Å². The zero-order chi connectivity index (χ0) is 15.4. The topological polar surface area (TPSA) is 18.5 Å². The predicted octanol–water partition coefficient (Wildman–Crippen LogP) is 4.51. The Hall–Kier alpha value is -1.38. The summed E-state index contributed by atoms with van der Waals surface area (Å²) in [5.41, 5.74) is 8.87. The Kier molecular flexibility index (Phi) is 5.12. The second kappa shape index (κ2) is 7.26. The molecule has 0 bridgehead atoms. The van der Waals surface area contributed by atoms with Crippen molar-refractivity contribution in [2.24, 2.45) is 0 Å². The summed E-state index contributed by atoms with van der Waals surface area (Å²) in [6, 6.07) is 6.47. The van der Waals surface area contributed by atoms with Crippen LogP contribution in [0.15, 0.2) is 41.0 Å². The van der Waals surface area contributed by atoms with E-state index in [4.69, 9.17) is 9.47 Å². The van der Waals surface area contributed by atoms with Gasteiger partial charge in [-0.2, -0.15) is 0 Å². The second-order valence-electron chi connectivity index (χ2n) is 6.34. The standard InChI is InChI=1S/C10H14O.C10H12O/c1-8-3-2-4-9-7-11-6-5-10(8)9;1-8-3-2-4-9-5-6-11-7-10(8)9/h4H,2-3,5-7H2,1H3;2-4H,5-7H2,1H3. The van der Waals surface area contributed by atoms with Gasteiger partial charge < -0.3 is 9.47 Å². The summed E-state index contributed by atoms with van der Waals surface area (Å²) >= 11 is 0. The smallest absolute Gasteiger partial charge is 0.0722 e. The van der Waals surface area contributed by atoms with Gasteiger partial charge in [-0.15, -0.1) is 0 Å². The van der Waals surface area contributed by atoms with E-state index in [0.29, 0.717) is 0 Å². The van der Waals surface area contributed by atoms with Gasteiger partial charge in [0.25, 0.3) is 0 Å². The Morgan fingerprint density at radius 2 is 1.73 bits per heavy atom. The van der Waals surface area contributed by atoms with E-state index in [-0.39, 0.29) is 0 Å². The average Bonchev–Trinajstić information content (AvgIpc) is 2.57. The lowest BCUT2D eigenvalue weighted by Gasteiger charge is -2.24. The van der Waals surface area contributed by atoms with Crippen molar-refractivity contribution in [3.05, 3.63) is 57.7 Å². The van der Waals surface area contributed by atoms with Gasteiger partial charge in [-0.05, 0) is 67.4 Å². The van der Waals surface area contributed by atoms with E-state index in [1.54, 1.807) is 11.1 Å². The van der Waals surface area contributed by atoms with Crippen LogP contribution >= 0.6 is 0 Å². The average molecular weight is 298 g/mol. The van der Waals surface area contributed by atoms with E-state index >= 15 is 0 Å². The van der Waals surface area contributed by atoms with E-state index in [9.17, 15) is 0 Å². The monoisotopic (exact) mass is 298 g/mol. The highest BCUT2D eigenvalue weighted by molar-refractivity contribution is 5.39. The van der Waals surface area contributed by atoms with E-state index in [1.165, 1.54) is 35.1 Å². The molecule has 0 radical (unpaired) electrons. The minimum atomic E-state index is 0.808. The summed E-state index contributed by atoms with van der Waals surface area (Å²) in [5, 5.41) is 0. The first-order chi connectivity index (χ1) is 10.8. The van der Waals surface area contributed by atoms with Crippen LogP contribution in [-0.2, 0) is 22.5 Å². The third-order valence-corrected chi connectivity index (χ3v) is 4.84. The zero-order valence-electron chi connectivity index (χ0n) is 13.8. The van der Waals surface area contributed by atoms with Gasteiger partial charge in [0.1, 0.15) is 0 Å². The van der Waals surface area contributed by atoms with Crippen molar-refractivity contribution >= 4 is 0 Å². The fourth-order valence-electron chi connectivity index (χ4n) is 3.45. The molecule has 22 heavy (non-hydrogen) atoms. The minimum Gasteiger partial charge on any atom is -0.376 e. The SMILES string of the molecule is CC1=C2CCOCC2=CCC1.Cc1cccc2c1COCC2. The molecule has 2 aliphatic heterocycles. The van der Waals surface area contributed by atoms with Crippen LogP contribution in [-0.4, -0.2) is 19.8 Å². The number of ether oxygens (including phenoxy) is 2. The molecule has 1 aromatic rings. The van der Waals surface area contributed by atoms with Crippen LogP contribution in [0, 0.1) is 6.92 Å². The van der Waals surface area contributed by atoms with Crippen LogP contribution < -0.4 is 0 Å². The molecule has 0 atom stereocenters. The third kappa shape index (κ3) is 3.50. The Labute approximate surface area is 133 Å². The van der Waals surface area contributed by atoms with E-state index in [2.05, 4.69) is 38.1 Å². The number of hydrogen-bond donors (Lipinski definition) is 0. The Morgan fingerprint density at radius 3 is 2.55 bits per heavy atom. The van der Waals surface area contributed by atoms with Crippen LogP contribution in [0.25, 0.3) is 0 Å². The molecule has 0 unspecified atom stereocenters. The van der Waals surface area contributed by atoms with Crippen LogP contribution in [0.4, 0.5) is 0 Å². The summed E-state index contributed by atoms with van der Waals surface area (Å²) in [5.74, 6) is 0. The summed E-state index contributed by atoms with van der Waals surface area (Å²) in [4.78, 5) is 0. The van der Waals surface area contributed by atoms with Crippen molar-refractivity contribution in [2.75, 3.05) is 19.8 Å². The fourth-order valence-corrected chi connectivity index (χ4v) is 3.45. The van der Waals surface area contributed by atoms with Crippen LogP contribution in [0.2, 0.25) is 0 Å². The molecular formula is C20H26O2. The molecule has 2 heteroatoms. The highest BCUT2D eigenvalue weighted by Gasteiger charge is 2.16. The number of allylic oxidation sites excluding steroid dienone is 2. The maximum atomic E-state index is 5.38. The molecule has 2 heterocycles. The van der Waals surface area contributed by atoms with Crippen molar-refractivity contribution in [2.45, 2.75) is 46.1 Å². The van der Waals surface area contributed by atoms with Crippen molar-refractivity contribution in [3.8, 4) is 0 Å². The molecule has 0 N–H and O–H groups in total. The first kappa shape index (κ1) is 15.5. The molecular weight excluding hydrogens is 272 g/mol. The summed E-state index contributed by atoms with van der Waals surface area (Å²) in [6.07, 6.45) is 7.03. The van der Waals surface area contributed by atoms with Gasteiger partial charge in [-0.25, -0.2) is 0 Å². The van der Waals surface area contributed by atoms with Gasteiger partial charge in [0.2, 0.25) is 0 Å². The lowest BCUT2D eigenvalue weighted by molar-refractivity contribution is 0.110. The molecule has 0 aromatic heterocycles. The van der Waals surface area contributed by atoms with Crippen LogP contribution in [0.3, 0.4) is 0 Å². The molecule has 2 nitrogen and oxygen atoms in total. The number of rotatable bonds is 0. The first-order valence-electron chi connectivity index (χ1n) is 8.36. The molecule has 118 valence electrons. The van der Waals surface area contributed by atoms with Gasteiger partial charge in [0.05, 0.1) is 26.4 Å². The molecule has 1 aliphatic carbocycles. The lowest BCUT2D eigenvalue weighted by Crippen LogP contribution is -2.14. The highest BCUT2D eigenvalue weighted by atomic mass is 16.5. The second-order valence-corrected chi connectivity index (χ2v) is 6.34. The van der Waals surface area contributed by atoms with Gasteiger partial charge in [0, 0.05) is 0 Å². The van der Waals surface area contributed by atoms with Crippen LogP contribution in [0.1, 0.15) is 42.9 Å². The summed E-state index contributed by atoms with van der Waals surface area (Å²) < 4.78 is 10.8. The fraction of sp³-hybridized carbons (Fsp3) is 0.500. The summed E-state index contributed by atoms with van der Waals surface area (Å²) in [6.45, 7) is 7.87. The lowest BCUT2D eigenvalue weighted by atomic mass is 9.89. The molecule has 0 saturated carbocycles. The normalized spacial score (nSPS) is 20.4. The number of benzene rings is 1. The largest absolute Gasteiger partial charge is 0.376 e. The highest BCUT2D eigenvalue weighted by Crippen LogP contribution is 2.30. The summed E-state index contributed by atoms with van der Waals surface area (Å²) in [7, 11) is 0. The number of hydrogen-bond acceptors (Lipinski definition) is 2. The van der Waals surface area contributed by atoms with E-state index < -0.39 is 0 Å². The molecule has 3 aliphatic rings. The minimum absolute atomic E-state index is 0.808. The quantitative estimate of drug-likeness (QED) is 0.701. The van der Waals surface area contributed by atoms with E-state index in [1.807, 2.05) is 0 Å². The van der Waals surface area contributed by atoms with Gasteiger partial charge >= 0.3 is 0 Å². The number of fused-ring (bicyclic) bond motifs is 2. The van der Waals surface area contributed by atoms with Crippen molar-refractivity contribution in [3.63, 3.8) is 0 Å². The van der Waals surface area contributed by atoms with Crippen molar-refractivity contribution in [1.29, 1.82) is 0 Å². The van der Waals surface area contributed by atoms with Crippen LogP contribution in [0.5, 0.6) is 0 Å².